The molecule has 4 aromatic rings. The van der Waals surface area contributed by atoms with Gasteiger partial charge < -0.3 is 15.1 Å². The van der Waals surface area contributed by atoms with E-state index < -0.39 is 0 Å². The fourth-order valence-electron chi connectivity index (χ4n) is 2.53. The summed E-state index contributed by atoms with van der Waals surface area (Å²) in [7, 11) is 0. The van der Waals surface area contributed by atoms with Gasteiger partial charge in [0.05, 0.1) is 0 Å². The number of aromatic nitrogens is 1. The average Bonchev–Trinajstić information content (AvgIpc) is 3.08. The van der Waals surface area contributed by atoms with Crippen molar-refractivity contribution >= 4 is 40.1 Å². The maximum atomic E-state index is 12.1. The van der Waals surface area contributed by atoms with Crippen LogP contribution in [0.5, 0.6) is 0 Å². The van der Waals surface area contributed by atoms with Crippen molar-refractivity contribution in [2.45, 2.75) is 0 Å². The third kappa shape index (κ3) is 3.53. The van der Waals surface area contributed by atoms with E-state index in [9.17, 15) is 4.79 Å². The van der Waals surface area contributed by atoms with Crippen molar-refractivity contribution in [1.29, 1.82) is 0 Å². The topological polar surface area (TPSA) is 67.2 Å². The monoisotopic (exact) mass is 363 g/mol. The molecule has 0 aliphatic rings. The van der Waals surface area contributed by atoms with Crippen molar-refractivity contribution < 1.29 is 9.21 Å². The van der Waals surface area contributed by atoms with Crippen molar-refractivity contribution in [3.63, 3.8) is 0 Å². The summed E-state index contributed by atoms with van der Waals surface area (Å²) in [5, 5.41) is 6.13. The number of anilines is 2. The van der Waals surface area contributed by atoms with Crippen molar-refractivity contribution in [2.24, 2.45) is 0 Å². The van der Waals surface area contributed by atoms with E-state index in [0.29, 0.717) is 27.9 Å². The van der Waals surface area contributed by atoms with Crippen LogP contribution in [0.15, 0.2) is 77.2 Å². The summed E-state index contributed by atoms with van der Waals surface area (Å²) in [6.45, 7) is 0. The molecule has 0 unspecified atom stereocenters. The van der Waals surface area contributed by atoms with Gasteiger partial charge in [-0.3, -0.25) is 0 Å². The van der Waals surface area contributed by atoms with Gasteiger partial charge in [-0.2, -0.15) is 0 Å². The van der Waals surface area contributed by atoms with Crippen LogP contribution in [-0.4, -0.2) is 11.0 Å². The lowest BCUT2D eigenvalue weighted by Gasteiger charge is -2.07. The summed E-state index contributed by atoms with van der Waals surface area (Å²) in [6, 6.07) is 21.5. The molecule has 0 bridgehead atoms. The Bertz CT molecular complexity index is 1060. The summed E-state index contributed by atoms with van der Waals surface area (Å²) in [6.07, 6.45) is 0. The summed E-state index contributed by atoms with van der Waals surface area (Å²) < 4.78 is 5.81. The Morgan fingerprint density at radius 2 is 1.58 bits per heavy atom. The first-order chi connectivity index (χ1) is 12.7. The maximum Gasteiger partial charge on any atom is 0.323 e. The molecule has 0 atom stereocenters. The molecule has 0 saturated heterocycles. The minimum Gasteiger partial charge on any atom is -0.436 e. The smallest absolute Gasteiger partial charge is 0.323 e. The van der Waals surface area contributed by atoms with E-state index in [0.717, 1.165) is 11.1 Å². The Morgan fingerprint density at radius 1 is 0.885 bits per heavy atom. The van der Waals surface area contributed by atoms with Crippen LogP contribution >= 0.6 is 11.6 Å². The van der Waals surface area contributed by atoms with E-state index in [1.54, 1.807) is 36.4 Å². The van der Waals surface area contributed by atoms with E-state index in [1.165, 1.54) is 0 Å². The zero-order chi connectivity index (χ0) is 17.9. The number of nitrogens with zero attached hydrogens (tertiary/aromatic N) is 1. The van der Waals surface area contributed by atoms with Crippen LogP contribution in [0, 0.1) is 0 Å². The van der Waals surface area contributed by atoms with Crippen molar-refractivity contribution in [3.8, 4) is 11.5 Å². The van der Waals surface area contributed by atoms with Gasteiger partial charge in [0.15, 0.2) is 5.58 Å². The molecule has 0 spiro atoms. The zero-order valence-corrected chi connectivity index (χ0v) is 14.3. The van der Waals surface area contributed by atoms with Gasteiger partial charge >= 0.3 is 6.03 Å². The third-order valence-corrected chi connectivity index (χ3v) is 4.02. The minimum atomic E-state index is -0.352. The first-order valence-corrected chi connectivity index (χ1v) is 8.35. The van der Waals surface area contributed by atoms with Gasteiger partial charge in [0.1, 0.15) is 5.52 Å². The molecule has 0 aliphatic carbocycles. The number of carbonyl (C=O) groups excluding carboxylic acids is 1. The molecule has 128 valence electrons. The highest BCUT2D eigenvalue weighted by molar-refractivity contribution is 6.30. The second-order valence-electron chi connectivity index (χ2n) is 5.65. The van der Waals surface area contributed by atoms with Crippen LogP contribution in [0.4, 0.5) is 16.2 Å². The fraction of sp³-hybridized carbons (Fsp3) is 0. The molecule has 0 radical (unpaired) electrons. The lowest BCUT2D eigenvalue weighted by molar-refractivity contribution is 0.262. The van der Waals surface area contributed by atoms with E-state index >= 15 is 0 Å². The number of hydrogen-bond acceptors (Lipinski definition) is 3. The second kappa shape index (κ2) is 6.90. The van der Waals surface area contributed by atoms with Gasteiger partial charge in [0, 0.05) is 28.0 Å². The van der Waals surface area contributed by atoms with Gasteiger partial charge in [-0.05, 0) is 48.5 Å². The Kier molecular flexibility index (Phi) is 4.29. The number of fused-ring (bicyclic) bond motifs is 1. The summed E-state index contributed by atoms with van der Waals surface area (Å²) >= 11 is 5.84. The number of hydrogen-bond donors (Lipinski definition) is 2. The van der Waals surface area contributed by atoms with Crippen LogP contribution < -0.4 is 10.6 Å². The van der Waals surface area contributed by atoms with Crippen LogP contribution in [-0.2, 0) is 0 Å². The molecule has 3 aromatic carbocycles. The molecule has 26 heavy (non-hydrogen) atoms. The van der Waals surface area contributed by atoms with Gasteiger partial charge in [-0.25, -0.2) is 9.78 Å². The van der Waals surface area contributed by atoms with Gasteiger partial charge in [0.2, 0.25) is 5.89 Å². The first-order valence-electron chi connectivity index (χ1n) is 7.97. The first kappa shape index (κ1) is 16.2. The Balaban J connectivity index is 1.52. The number of urea groups is 1. The van der Waals surface area contributed by atoms with Gasteiger partial charge in [0.25, 0.3) is 0 Å². The van der Waals surface area contributed by atoms with E-state index in [-0.39, 0.29) is 6.03 Å². The molecule has 2 amide bonds. The largest absolute Gasteiger partial charge is 0.436 e. The Hall–Kier alpha value is -3.31. The maximum absolute atomic E-state index is 12.1. The molecule has 4 rings (SSSR count). The van der Waals surface area contributed by atoms with Crippen LogP contribution in [0.25, 0.3) is 22.6 Å². The number of rotatable bonds is 3. The highest BCUT2D eigenvalue weighted by Crippen LogP contribution is 2.26. The van der Waals surface area contributed by atoms with E-state index in [1.807, 2.05) is 36.4 Å². The molecule has 0 saturated carbocycles. The summed E-state index contributed by atoms with van der Waals surface area (Å²) in [4.78, 5) is 16.6. The number of carbonyl (C=O) groups is 1. The molecule has 6 heteroatoms. The van der Waals surface area contributed by atoms with Crippen molar-refractivity contribution in [2.75, 3.05) is 10.6 Å². The van der Waals surface area contributed by atoms with E-state index in [4.69, 9.17) is 16.0 Å². The zero-order valence-electron chi connectivity index (χ0n) is 13.6. The number of nitrogens with one attached hydrogen (secondary N) is 2. The summed E-state index contributed by atoms with van der Waals surface area (Å²) in [5.41, 5.74) is 3.50. The van der Waals surface area contributed by atoms with Crippen LogP contribution in [0.2, 0.25) is 5.02 Å². The van der Waals surface area contributed by atoms with Gasteiger partial charge in [-0.15, -0.1) is 0 Å². The molecular weight excluding hydrogens is 350 g/mol. The average molecular weight is 364 g/mol. The van der Waals surface area contributed by atoms with Crippen molar-refractivity contribution in [3.05, 3.63) is 77.8 Å². The van der Waals surface area contributed by atoms with E-state index in [2.05, 4.69) is 15.6 Å². The van der Waals surface area contributed by atoms with Crippen LogP contribution in [0.3, 0.4) is 0 Å². The highest BCUT2D eigenvalue weighted by Gasteiger charge is 2.10. The minimum absolute atomic E-state index is 0.352. The molecular formula is C20H14ClN3O2. The molecule has 1 heterocycles. The normalized spacial score (nSPS) is 10.7. The quantitative estimate of drug-likeness (QED) is 0.484. The fourth-order valence-corrected chi connectivity index (χ4v) is 2.66. The molecule has 2 N–H and O–H groups in total. The van der Waals surface area contributed by atoms with Gasteiger partial charge in [-0.1, -0.05) is 29.8 Å². The standard InChI is InChI=1S/C20H14ClN3O2/c21-14-6-8-15(9-7-14)22-20(25)23-16-10-11-17-18(12-16)26-19(24-17)13-4-2-1-3-5-13/h1-12H,(H2,22,23,25). The highest BCUT2D eigenvalue weighted by atomic mass is 35.5. The van der Waals surface area contributed by atoms with Crippen LogP contribution in [0.1, 0.15) is 0 Å². The second-order valence-corrected chi connectivity index (χ2v) is 6.09. The SMILES string of the molecule is O=C(Nc1ccc(Cl)cc1)Nc1ccc2nc(-c3ccccc3)oc2c1. The lowest BCUT2D eigenvalue weighted by Crippen LogP contribution is -2.19. The number of halogens is 1. The predicted molar refractivity (Wildman–Crippen MR) is 104 cm³/mol. The number of oxazole rings is 1. The molecule has 0 fully saturated rings. The number of benzene rings is 3. The third-order valence-electron chi connectivity index (χ3n) is 3.77. The number of amides is 2. The Morgan fingerprint density at radius 3 is 2.35 bits per heavy atom. The molecule has 0 aliphatic heterocycles. The predicted octanol–water partition coefficient (Wildman–Crippen LogP) is 5.79. The lowest BCUT2D eigenvalue weighted by atomic mass is 10.2. The van der Waals surface area contributed by atoms with Crippen molar-refractivity contribution in [1.82, 2.24) is 4.98 Å². The Labute approximate surface area is 154 Å². The molecule has 5 nitrogen and oxygen atoms in total. The summed E-state index contributed by atoms with van der Waals surface area (Å²) in [5.74, 6) is 0.545. The molecule has 1 aromatic heterocycles.